The van der Waals surface area contributed by atoms with Crippen molar-refractivity contribution in [3.63, 3.8) is 0 Å². The molecule has 12 heteroatoms. The van der Waals surface area contributed by atoms with Gasteiger partial charge in [-0.15, -0.1) is 11.6 Å². The van der Waals surface area contributed by atoms with Crippen LogP contribution in [-0.4, -0.2) is 82.0 Å². The minimum atomic E-state index is -1.25. The van der Waals surface area contributed by atoms with Crippen molar-refractivity contribution in [2.75, 3.05) is 69.9 Å². The zero-order valence-electron chi connectivity index (χ0n) is 27.4. The molecular formula is C37H41ClF2N3O6+. The molecule has 0 aromatic heterocycles. The SMILES string of the molecule is O=C(NCCOCCOCCCCCCCl)c1ccc(C(=O)O)c(-c2c3cc(F)c(=[N+]4CCC4)cc-3oc3cc(N4CCC4)c(F)cc23)c1. The molecule has 260 valence electrons. The third kappa shape index (κ3) is 7.90. The van der Waals surface area contributed by atoms with E-state index in [0.29, 0.717) is 74.3 Å². The Morgan fingerprint density at radius 2 is 1.67 bits per heavy atom. The average molecular weight is 697 g/mol. The fraction of sp³-hybridized carbons (Fsp3) is 0.432. The van der Waals surface area contributed by atoms with Crippen LogP contribution in [-0.2, 0) is 9.47 Å². The summed E-state index contributed by atoms with van der Waals surface area (Å²) in [4.78, 5) is 27.7. The summed E-state index contributed by atoms with van der Waals surface area (Å²) in [6, 6.07) is 10.1. The van der Waals surface area contributed by atoms with Gasteiger partial charge in [0.05, 0.1) is 43.6 Å². The number of hydrogen-bond donors (Lipinski definition) is 2. The van der Waals surface area contributed by atoms with E-state index in [0.717, 1.165) is 38.5 Å². The molecule has 2 saturated heterocycles. The highest BCUT2D eigenvalue weighted by Crippen LogP contribution is 2.43. The van der Waals surface area contributed by atoms with Gasteiger partial charge in [0.15, 0.2) is 5.82 Å². The number of anilines is 1. The lowest BCUT2D eigenvalue weighted by Gasteiger charge is -2.33. The number of unbranched alkanes of at least 4 members (excludes halogenated alkanes) is 3. The summed E-state index contributed by atoms with van der Waals surface area (Å²) < 4.78 is 50.6. The van der Waals surface area contributed by atoms with E-state index in [1.54, 1.807) is 12.1 Å². The van der Waals surface area contributed by atoms with Gasteiger partial charge in [0.1, 0.15) is 30.3 Å². The number of nitrogens with one attached hydrogen (secondary N) is 1. The molecule has 49 heavy (non-hydrogen) atoms. The fourth-order valence-corrected chi connectivity index (χ4v) is 6.38. The first-order chi connectivity index (χ1) is 23.9. The number of benzene rings is 3. The molecular weight excluding hydrogens is 656 g/mol. The molecule has 1 aliphatic carbocycles. The Morgan fingerprint density at radius 1 is 0.898 bits per heavy atom. The number of carbonyl (C=O) groups excluding carboxylic acids is 1. The van der Waals surface area contributed by atoms with E-state index >= 15 is 8.78 Å². The number of rotatable bonds is 16. The van der Waals surface area contributed by atoms with Gasteiger partial charge in [-0.25, -0.2) is 13.8 Å². The molecule has 0 spiro atoms. The lowest BCUT2D eigenvalue weighted by atomic mass is 9.89. The zero-order valence-corrected chi connectivity index (χ0v) is 28.1. The standard InChI is InChI=1S/C37H40ClF2N3O6/c38-9-3-1-2-4-15-47-17-18-48-16-10-41-36(44)24-7-8-25(37(45)46)26(19-24)35-27-20-29(39)31(42-11-5-12-42)22-33(27)49-34-23-32(43-13-6-14-43)30(40)21-28(34)35/h7-8,19-23H,1-6,9-18H2,(H-,41,44,45,46)/p+1. The number of carboxylic acid groups (broad SMARTS) is 1. The van der Waals surface area contributed by atoms with E-state index in [2.05, 4.69) is 5.32 Å². The van der Waals surface area contributed by atoms with Gasteiger partial charge in [-0.05, 0) is 55.2 Å². The summed E-state index contributed by atoms with van der Waals surface area (Å²) in [6.45, 7) is 4.83. The number of hydrogen-bond acceptors (Lipinski definition) is 6. The van der Waals surface area contributed by atoms with E-state index in [4.69, 9.17) is 25.5 Å². The summed E-state index contributed by atoms with van der Waals surface area (Å²) in [6.07, 6.45) is 6.05. The summed E-state index contributed by atoms with van der Waals surface area (Å²) in [5, 5.41) is 13.7. The van der Waals surface area contributed by atoms with E-state index in [1.807, 2.05) is 9.48 Å². The number of carbonyl (C=O) groups is 2. The molecule has 0 saturated carbocycles. The van der Waals surface area contributed by atoms with Crippen molar-refractivity contribution in [1.29, 1.82) is 0 Å². The van der Waals surface area contributed by atoms with Gasteiger partial charge in [0.2, 0.25) is 5.36 Å². The molecule has 0 bridgehead atoms. The molecule has 3 heterocycles. The lowest BCUT2D eigenvalue weighted by Crippen LogP contribution is -2.42. The smallest absolute Gasteiger partial charge is 0.336 e. The molecule has 6 rings (SSSR count). The molecule has 0 atom stereocenters. The van der Waals surface area contributed by atoms with E-state index in [9.17, 15) is 14.7 Å². The number of carboxylic acids is 1. The predicted molar refractivity (Wildman–Crippen MR) is 185 cm³/mol. The quantitative estimate of drug-likeness (QED) is 0.0629. The first-order valence-corrected chi connectivity index (χ1v) is 17.5. The van der Waals surface area contributed by atoms with Crippen molar-refractivity contribution >= 4 is 40.1 Å². The lowest BCUT2D eigenvalue weighted by molar-refractivity contribution is 0.0468. The Morgan fingerprint density at radius 3 is 2.37 bits per heavy atom. The minimum Gasteiger partial charge on any atom is -0.478 e. The van der Waals surface area contributed by atoms with Crippen LogP contribution in [0.5, 0.6) is 0 Å². The van der Waals surface area contributed by atoms with Crippen LogP contribution in [0.2, 0.25) is 0 Å². The number of aromatic carboxylic acids is 1. The molecule has 2 fully saturated rings. The summed E-state index contributed by atoms with van der Waals surface area (Å²) >= 11 is 5.69. The summed E-state index contributed by atoms with van der Waals surface area (Å²) in [7, 11) is 0. The first-order valence-electron chi connectivity index (χ1n) is 17.0. The number of nitrogens with zero attached hydrogens (tertiary/aromatic N) is 2. The Bertz CT molecular complexity index is 1870. The Balaban J connectivity index is 1.27. The normalized spacial score (nSPS) is 14.3. The highest BCUT2D eigenvalue weighted by molar-refractivity contribution is 6.17. The van der Waals surface area contributed by atoms with Crippen LogP contribution >= 0.6 is 11.6 Å². The zero-order chi connectivity index (χ0) is 34.3. The average Bonchev–Trinajstić information content (AvgIpc) is 3.03. The van der Waals surface area contributed by atoms with Crippen molar-refractivity contribution in [1.82, 2.24) is 9.89 Å². The molecule has 2 aromatic rings. The van der Waals surface area contributed by atoms with Crippen LogP contribution in [0, 0.1) is 11.6 Å². The van der Waals surface area contributed by atoms with Gasteiger partial charge in [-0.3, -0.25) is 4.79 Å². The predicted octanol–water partition coefficient (Wildman–Crippen LogP) is 6.13. The summed E-state index contributed by atoms with van der Waals surface area (Å²) in [5.41, 5.74) is 1.48. The maximum Gasteiger partial charge on any atom is 0.336 e. The third-order valence-corrected chi connectivity index (χ3v) is 9.38. The number of ether oxygens (including phenoxy) is 2. The summed E-state index contributed by atoms with van der Waals surface area (Å²) in [5.74, 6) is -1.68. The minimum absolute atomic E-state index is 0.118. The number of alkyl halides is 1. The second kappa shape index (κ2) is 16.1. The number of amides is 1. The van der Waals surface area contributed by atoms with Gasteiger partial charge in [0.25, 0.3) is 5.91 Å². The van der Waals surface area contributed by atoms with Gasteiger partial charge in [-0.2, -0.15) is 4.39 Å². The maximum atomic E-state index is 15.6. The Labute approximate surface area is 288 Å². The molecule has 2 N–H and O–H groups in total. The van der Waals surface area contributed by atoms with Crippen molar-refractivity contribution in [2.45, 2.75) is 38.5 Å². The van der Waals surface area contributed by atoms with Crippen molar-refractivity contribution in [2.24, 2.45) is 0 Å². The Hall–Kier alpha value is -4.06. The van der Waals surface area contributed by atoms with Gasteiger partial charge >= 0.3 is 5.97 Å². The maximum absolute atomic E-state index is 15.6. The third-order valence-electron chi connectivity index (χ3n) is 9.11. The highest BCUT2D eigenvalue weighted by Gasteiger charge is 2.28. The molecule has 1 amide bonds. The first kappa shape index (κ1) is 34.8. The van der Waals surface area contributed by atoms with Crippen LogP contribution in [0.4, 0.5) is 14.5 Å². The number of fused-ring (bicyclic) bond motifs is 2. The monoisotopic (exact) mass is 696 g/mol. The highest BCUT2D eigenvalue weighted by atomic mass is 35.5. The van der Waals surface area contributed by atoms with Crippen molar-refractivity contribution < 1.29 is 37.4 Å². The molecule has 0 unspecified atom stereocenters. The van der Waals surface area contributed by atoms with E-state index in [1.165, 1.54) is 30.3 Å². The van der Waals surface area contributed by atoms with Gasteiger partial charge in [0, 0.05) is 60.3 Å². The van der Waals surface area contributed by atoms with Gasteiger partial charge in [-0.1, -0.05) is 12.8 Å². The van der Waals surface area contributed by atoms with E-state index < -0.39 is 23.5 Å². The Kier molecular flexibility index (Phi) is 11.4. The molecule has 4 aliphatic rings. The van der Waals surface area contributed by atoms with Crippen molar-refractivity contribution in [3.05, 3.63) is 70.6 Å². The largest absolute Gasteiger partial charge is 0.478 e. The van der Waals surface area contributed by atoms with Crippen LogP contribution < -0.4 is 20.1 Å². The van der Waals surface area contributed by atoms with Crippen LogP contribution in [0.25, 0.3) is 33.4 Å². The van der Waals surface area contributed by atoms with Crippen molar-refractivity contribution in [3.8, 4) is 22.5 Å². The molecule has 0 radical (unpaired) electrons. The number of halogens is 3. The second-order valence-corrected chi connectivity index (χ2v) is 12.8. The van der Waals surface area contributed by atoms with Crippen LogP contribution in [0.1, 0.15) is 59.2 Å². The van der Waals surface area contributed by atoms with E-state index in [-0.39, 0.29) is 46.4 Å². The molecule has 2 aromatic carbocycles. The molecule has 3 aliphatic heterocycles. The topological polar surface area (TPSA) is 104 Å². The molecule has 9 nitrogen and oxygen atoms in total. The van der Waals surface area contributed by atoms with Crippen LogP contribution in [0.3, 0.4) is 0 Å². The fourth-order valence-electron chi connectivity index (χ4n) is 6.19. The van der Waals surface area contributed by atoms with Gasteiger partial charge < -0.3 is 29.2 Å². The second-order valence-electron chi connectivity index (χ2n) is 12.4. The van der Waals surface area contributed by atoms with Crippen LogP contribution in [0.15, 0.2) is 46.9 Å².